The van der Waals surface area contributed by atoms with Crippen LogP contribution in [-0.2, 0) is 0 Å². The van der Waals surface area contributed by atoms with E-state index >= 15 is 0 Å². The molecule has 0 spiro atoms. The van der Waals surface area contributed by atoms with Crippen molar-refractivity contribution in [2.45, 2.75) is 26.2 Å². The van der Waals surface area contributed by atoms with E-state index in [9.17, 15) is 0 Å². The number of thiophene rings is 2. The number of hydrogen-bond donors (Lipinski definition) is 0. The van der Waals surface area contributed by atoms with E-state index in [2.05, 4.69) is 111 Å². The SMILES string of the molecule is C[Si](C)(c1ccccc1)c1ccc(-c2ccc([Si](C)(C)c3ccccc3)s2)s1. The summed E-state index contributed by atoms with van der Waals surface area (Å²) in [5, 5.41) is 3.01. The molecule has 0 nitrogen and oxygen atoms in total. The van der Waals surface area contributed by atoms with E-state index < -0.39 is 16.1 Å². The van der Waals surface area contributed by atoms with Crippen LogP contribution in [0, 0.1) is 0 Å². The minimum Gasteiger partial charge on any atom is -0.144 e. The first-order valence-electron chi connectivity index (χ1n) is 9.71. The third-order valence-corrected chi connectivity index (χ3v) is 17.7. The van der Waals surface area contributed by atoms with Gasteiger partial charge in [-0.2, -0.15) is 0 Å². The van der Waals surface area contributed by atoms with Gasteiger partial charge in [0, 0.05) is 9.75 Å². The first-order chi connectivity index (χ1) is 13.4. The van der Waals surface area contributed by atoms with Crippen LogP contribution in [0.3, 0.4) is 0 Å². The molecule has 0 unspecified atom stereocenters. The summed E-state index contributed by atoms with van der Waals surface area (Å²) in [6.45, 7) is 9.85. The Hall–Kier alpha value is -1.73. The molecule has 4 aromatic rings. The molecule has 2 aromatic heterocycles. The van der Waals surface area contributed by atoms with Gasteiger partial charge in [-0.3, -0.25) is 0 Å². The molecule has 4 rings (SSSR count). The van der Waals surface area contributed by atoms with Gasteiger partial charge in [-0.05, 0) is 21.1 Å². The van der Waals surface area contributed by atoms with Gasteiger partial charge in [-0.25, -0.2) is 0 Å². The zero-order valence-corrected chi connectivity index (χ0v) is 20.5. The van der Waals surface area contributed by atoms with E-state index in [1.807, 2.05) is 22.7 Å². The molecule has 0 bridgehead atoms. The second-order valence-electron chi connectivity index (χ2n) is 8.31. The molecule has 0 atom stereocenters. The quantitative estimate of drug-likeness (QED) is 0.382. The molecule has 0 saturated carbocycles. The zero-order chi connectivity index (χ0) is 19.8. The molecule has 0 amide bonds. The molecular formula is C24H26S2Si2. The van der Waals surface area contributed by atoms with E-state index in [-0.39, 0.29) is 0 Å². The maximum atomic E-state index is 2.46. The number of hydrogen-bond acceptors (Lipinski definition) is 2. The van der Waals surface area contributed by atoms with Crippen LogP contribution < -0.4 is 19.4 Å². The van der Waals surface area contributed by atoms with Gasteiger partial charge in [0.2, 0.25) is 0 Å². The summed E-state index contributed by atoms with van der Waals surface area (Å²) < 4.78 is 3.12. The highest BCUT2D eigenvalue weighted by molar-refractivity contribution is 7.35. The van der Waals surface area contributed by atoms with E-state index in [0.29, 0.717) is 0 Å². The summed E-state index contributed by atoms with van der Waals surface area (Å²) in [7, 11) is -3.24. The van der Waals surface area contributed by atoms with Gasteiger partial charge in [-0.1, -0.05) is 109 Å². The fourth-order valence-electron chi connectivity index (χ4n) is 3.61. The second-order valence-corrected chi connectivity index (χ2v) is 19.9. The fraction of sp³-hybridized carbons (Fsp3) is 0.167. The van der Waals surface area contributed by atoms with Crippen LogP contribution in [-0.4, -0.2) is 16.1 Å². The molecule has 2 heterocycles. The second kappa shape index (κ2) is 7.60. The zero-order valence-electron chi connectivity index (χ0n) is 16.9. The lowest BCUT2D eigenvalue weighted by atomic mass is 10.4. The molecule has 2 aromatic carbocycles. The molecule has 4 heteroatoms. The molecule has 0 N–H and O–H groups in total. The summed E-state index contributed by atoms with van der Waals surface area (Å²) in [6, 6.07) is 31.5. The van der Waals surface area contributed by atoms with Gasteiger partial charge >= 0.3 is 0 Å². The monoisotopic (exact) mass is 434 g/mol. The van der Waals surface area contributed by atoms with Crippen molar-refractivity contribution in [1.29, 1.82) is 0 Å². The average Bonchev–Trinajstić information content (AvgIpc) is 3.39. The maximum absolute atomic E-state index is 2.46. The Balaban J connectivity index is 1.64. The Morgan fingerprint density at radius 2 is 0.821 bits per heavy atom. The fourth-order valence-corrected chi connectivity index (χ4v) is 12.2. The minimum absolute atomic E-state index is 1.42. The van der Waals surface area contributed by atoms with Gasteiger partial charge in [0.25, 0.3) is 0 Å². The van der Waals surface area contributed by atoms with Crippen molar-refractivity contribution in [3.63, 3.8) is 0 Å². The maximum Gasteiger partial charge on any atom is 0.124 e. The van der Waals surface area contributed by atoms with Crippen LogP contribution in [0.25, 0.3) is 9.75 Å². The Morgan fingerprint density at radius 1 is 0.464 bits per heavy atom. The van der Waals surface area contributed by atoms with Crippen LogP contribution in [0.4, 0.5) is 0 Å². The van der Waals surface area contributed by atoms with Crippen molar-refractivity contribution in [2.75, 3.05) is 0 Å². The number of benzene rings is 2. The summed E-state index contributed by atoms with van der Waals surface area (Å²) in [6.07, 6.45) is 0. The molecular weight excluding hydrogens is 409 g/mol. The van der Waals surface area contributed by atoms with Crippen molar-refractivity contribution in [3.05, 3.63) is 84.9 Å². The van der Waals surface area contributed by atoms with Crippen LogP contribution in [0.2, 0.25) is 26.2 Å². The van der Waals surface area contributed by atoms with Crippen molar-refractivity contribution in [1.82, 2.24) is 0 Å². The Labute approximate surface area is 178 Å². The molecule has 0 saturated heterocycles. The summed E-state index contributed by atoms with van der Waals surface area (Å²) in [5.41, 5.74) is 0. The molecule has 28 heavy (non-hydrogen) atoms. The van der Waals surface area contributed by atoms with Gasteiger partial charge in [0.1, 0.15) is 16.1 Å². The van der Waals surface area contributed by atoms with Crippen LogP contribution >= 0.6 is 22.7 Å². The topological polar surface area (TPSA) is 0 Å². The van der Waals surface area contributed by atoms with Crippen molar-refractivity contribution in [2.24, 2.45) is 0 Å². The Kier molecular flexibility index (Phi) is 5.31. The lowest BCUT2D eigenvalue weighted by molar-refractivity contribution is 1.71. The predicted octanol–water partition coefficient (Wildman–Crippen LogP) is 5.12. The van der Waals surface area contributed by atoms with Crippen molar-refractivity contribution >= 4 is 58.2 Å². The van der Waals surface area contributed by atoms with Gasteiger partial charge in [0.05, 0.1) is 0 Å². The van der Waals surface area contributed by atoms with Crippen molar-refractivity contribution in [3.8, 4) is 9.75 Å². The first-order valence-corrected chi connectivity index (χ1v) is 17.3. The lowest BCUT2D eigenvalue weighted by Gasteiger charge is -2.21. The van der Waals surface area contributed by atoms with E-state index in [4.69, 9.17) is 0 Å². The van der Waals surface area contributed by atoms with E-state index in [0.717, 1.165) is 0 Å². The highest BCUT2D eigenvalue weighted by Crippen LogP contribution is 2.29. The molecule has 0 fully saturated rings. The molecule has 0 aliphatic rings. The van der Waals surface area contributed by atoms with Crippen LogP contribution in [0.15, 0.2) is 84.9 Å². The standard InChI is InChI=1S/C24H26S2Si2/c1-27(2,19-11-7-5-8-12-19)23-17-15-21(25-23)22-16-18-24(26-22)28(3,4)20-13-9-6-10-14-20/h5-18H,1-4H3. The highest BCUT2D eigenvalue weighted by atomic mass is 32.1. The lowest BCUT2D eigenvalue weighted by Crippen LogP contribution is -2.51. The van der Waals surface area contributed by atoms with Crippen LogP contribution in [0.5, 0.6) is 0 Å². The van der Waals surface area contributed by atoms with Gasteiger partial charge in [0.15, 0.2) is 0 Å². The van der Waals surface area contributed by atoms with Crippen LogP contribution in [0.1, 0.15) is 0 Å². The van der Waals surface area contributed by atoms with Gasteiger partial charge in [-0.15, -0.1) is 22.7 Å². The summed E-state index contributed by atoms with van der Waals surface area (Å²) in [4.78, 5) is 2.83. The third kappa shape index (κ3) is 3.62. The molecule has 0 aliphatic carbocycles. The molecule has 0 radical (unpaired) electrons. The number of rotatable bonds is 5. The van der Waals surface area contributed by atoms with Gasteiger partial charge < -0.3 is 0 Å². The first kappa shape index (κ1) is 19.6. The summed E-state index contributed by atoms with van der Waals surface area (Å²) >= 11 is 3.99. The normalized spacial score (nSPS) is 12.3. The predicted molar refractivity (Wildman–Crippen MR) is 134 cm³/mol. The smallest absolute Gasteiger partial charge is 0.124 e. The van der Waals surface area contributed by atoms with E-state index in [1.54, 1.807) is 9.00 Å². The summed E-state index contributed by atoms with van der Waals surface area (Å²) in [5.74, 6) is 0. The molecule has 0 aliphatic heterocycles. The average molecular weight is 435 g/mol. The Bertz CT molecular complexity index is 972. The highest BCUT2D eigenvalue weighted by Gasteiger charge is 2.30. The molecule has 142 valence electrons. The Morgan fingerprint density at radius 3 is 1.18 bits per heavy atom. The van der Waals surface area contributed by atoms with Crippen molar-refractivity contribution < 1.29 is 0 Å². The largest absolute Gasteiger partial charge is 0.144 e. The minimum atomic E-state index is -1.62. The third-order valence-electron chi connectivity index (χ3n) is 5.68. The van der Waals surface area contributed by atoms with E-state index in [1.165, 1.54) is 20.1 Å².